The maximum absolute atomic E-state index is 12.2. The fourth-order valence-electron chi connectivity index (χ4n) is 2.46. The van der Waals surface area contributed by atoms with Crippen LogP contribution in [0.1, 0.15) is 23.0 Å². The highest BCUT2D eigenvalue weighted by atomic mass is 35.5. The number of carbonyl (C=O) groups excluding carboxylic acids is 1. The molecule has 0 radical (unpaired) electrons. The molecule has 0 aliphatic rings. The zero-order valence-corrected chi connectivity index (χ0v) is 12.9. The molecule has 0 aliphatic heterocycles. The fraction of sp³-hybridized carbons (Fsp3) is 0.176. The lowest BCUT2D eigenvalue weighted by Gasteiger charge is -2.10. The van der Waals surface area contributed by atoms with Crippen molar-refractivity contribution in [3.05, 3.63) is 65.1 Å². The number of aromatic nitrogens is 2. The minimum absolute atomic E-state index is 0.330. The standard InChI is InChI=1S/C17H15ClN2O2/c1-2-22-17(21)16-10-13-9-14(18)3-4-15(13)20(16)11-12-5-7-19-8-6-12/h3-10H,2,11H2,1H3. The summed E-state index contributed by atoms with van der Waals surface area (Å²) in [6.45, 7) is 2.71. The first kappa shape index (κ1) is 14.6. The third kappa shape index (κ3) is 2.83. The number of ether oxygens (including phenoxy) is 1. The van der Waals surface area contributed by atoms with E-state index in [9.17, 15) is 4.79 Å². The number of nitrogens with zero attached hydrogens (tertiary/aromatic N) is 2. The van der Waals surface area contributed by atoms with Gasteiger partial charge in [0.05, 0.1) is 6.61 Å². The Morgan fingerprint density at radius 3 is 2.73 bits per heavy atom. The van der Waals surface area contributed by atoms with E-state index >= 15 is 0 Å². The molecule has 0 atom stereocenters. The average molecular weight is 315 g/mol. The Morgan fingerprint density at radius 1 is 1.23 bits per heavy atom. The summed E-state index contributed by atoms with van der Waals surface area (Å²) in [5.41, 5.74) is 2.54. The zero-order valence-electron chi connectivity index (χ0n) is 12.1. The average Bonchev–Trinajstić information content (AvgIpc) is 2.86. The summed E-state index contributed by atoms with van der Waals surface area (Å²) in [7, 11) is 0. The van der Waals surface area contributed by atoms with Crippen molar-refractivity contribution in [2.24, 2.45) is 0 Å². The van der Waals surface area contributed by atoms with Gasteiger partial charge >= 0.3 is 5.97 Å². The molecule has 0 spiro atoms. The molecule has 0 amide bonds. The van der Waals surface area contributed by atoms with Gasteiger partial charge in [-0.05, 0) is 48.9 Å². The Morgan fingerprint density at radius 2 is 2.00 bits per heavy atom. The lowest BCUT2D eigenvalue weighted by molar-refractivity contribution is 0.0515. The van der Waals surface area contributed by atoms with Crippen LogP contribution in [0, 0.1) is 0 Å². The van der Waals surface area contributed by atoms with Crippen LogP contribution in [0.5, 0.6) is 0 Å². The topological polar surface area (TPSA) is 44.1 Å². The molecule has 5 heteroatoms. The molecular weight excluding hydrogens is 300 g/mol. The number of carbonyl (C=O) groups is 1. The summed E-state index contributed by atoms with van der Waals surface area (Å²) in [6, 6.07) is 11.3. The van der Waals surface area contributed by atoms with Gasteiger partial charge < -0.3 is 9.30 Å². The normalized spacial score (nSPS) is 10.8. The van der Waals surface area contributed by atoms with Gasteiger partial charge in [0.15, 0.2) is 0 Å². The van der Waals surface area contributed by atoms with Crippen molar-refractivity contribution in [3.63, 3.8) is 0 Å². The Bertz CT molecular complexity index is 812. The van der Waals surface area contributed by atoms with Crippen molar-refractivity contribution in [3.8, 4) is 0 Å². The summed E-state index contributed by atoms with van der Waals surface area (Å²) < 4.78 is 7.10. The Hall–Kier alpha value is -2.33. The maximum atomic E-state index is 12.2. The van der Waals surface area contributed by atoms with Crippen LogP contribution in [0.15, 0.2) is 48.8 Å². The number of halogens is 1. The lowest BCUT2D eigenvalue weighted by atomic mass is 10.2. The number of pyridine rings is 1. The molecule has 3 rings (SSSR count). The molecule has 2 aromatic heterocycles. The first-order chi connectivity index (χ1) is 10.7. The largest absolute Gasteiger partial charge is 0.461 e. The van der Waals surface area contributed by atoms with Gasteiger partial charge in [-0.25, -0.2) is 4.79 Å². The van der Waals surface area contributed by atoms with Crippen LogP contribution in [0.3, 0.4) is 0 Å². The number of hydrogen-bond acceptors (Lipinski definition) is 3. The van der Waals surface area contributed by atoms with Crippen LogP contribution in [0.25, 0.3) is 10.9 Å². The van der Waals surface area contributed by atoms with Gasteiger partial charge in [0.25, 0.3) is 0 Å². The lowest BCUT2D eigenvalue weighted by Crippen LogP contribution is -2.12. The number of rotatable bonds is 4. The van der Waals surface area contributed by atoms with Gasteiger partial charge in [-0.3, -0.25) is 4.98 Å². The molecule has 0 saturated carbocycles. The number of esters is 1. The second-order valence-corrected chi connectivity index (χ2v) is 5.33. The Kier molecular flexibility index (Phi) is 4.11. The quantitative estimate of drug-likeness (QED) is 0.686. The Labute approximate surface area is 133 Å². The van der Waals surface area contributed by atoms with Crippen LogP contribution >= 0.6 is 11.6 Å². The van der Waals surface area contributed by atoms with E-state index in [2.05, 4.69) is 4.98 Å². The van der Waals surface area contributed by atoms with Gasteiger partial charge in [-0.15, -0.1) is 0 Å². The third-order valence-electron chi connectivity index (χ3n) is 3.44. The van der Waals surface area contributed by atoms with Gasteiger partial charge in [0.2, 0.25) is 0 Å². The van der Waals surface area contributed by atoms with Gasteiger partial charge in [0.1, 0.15) is 5.69 Å². The van der Waals surface area contributed by atoms with Gasteiger partial charge in [0, 0.05) is 34.9 Å². The predicted molar refractivity (Wildman–Crippen MR) is 86.2 cm³/mol. The molecule has 22 heavy (non-hydrogen) atoms. The van der Waals surface area contributed by atoms with Crippen LogP contribution in [0.4, 0.5) is 0 Å². The molecule has 0 N–H and O–H groups in total. The first-order valence-electron chi connectivity index (χ1n) is 7.04. The third-order valence-corrected chi connectivity index (χ3v) is 3.67. The van der Waals surface area contributed by atoms with Crippen LogP contribution in [-0.2, 0) is 11.3 Å². The number of hydrogen-bond donors (Lipinski definition) is 0. The Balaban J connectivity index is 2.12. The summed E-state index contributed by atoms with van der Waals surface area (Å²) in [4.78, 5) is 16.2. The predicted octanol–water partition coefficient (Wildman–Crippen LogP) is 3.91. The van der Waals surface area contributed by atoms with E-state index in [1.807, 2.05) is 41.0 Å². The minimum atomic E-state index is -0.330. The molecule has 0 saturated heterocycles. The SMILES string of the molecule is CCOC(=O)c1cc2cc(Cl)ccc2n1Cc1ccncc1. The van der Waals surface area contributed by atoms with Gasteiger partial charge in [-0.1, -0.05) is 11.6 Å². The maximum Gasteiger partial charge on any atom is 0.354 e. The molecule has 0 unspecified atom stereocenters. The zero-order chi connectivity index (χ0) is 15.5. The second kappa shape index (κ2) is 6.20. The van der Waals surface area contributed by atoms with Crippen molar-refractivity contribution >= 4 is 28.5 Å². The van der Waals surface area contributed by atoms with E-state index in [0.29, 0.717) is 23.9 Å². The molecule has 1 aromatic carbocycles. The number of benzene rings is 1. The van der Waals surface area contributed by atoms with E-state index in [0.717, 1.165) is 16.5 Å². The highest BCUT2D eigenvalue weighted by Gasteiger charge is 2.17. The second-order valence-electron chi connectivity index (χ2n) is 4.89. The molecular formula is C17H15ClN2O2. The molecule has 0 fully saturated rings. The number of fused-ring (bicyclic) bond motifs is 1. The highest BCUT2D eigenvalue weighted by molar-refractivity contribution is 6.31. The monoisotopic (exact) mass is 314 g/mol. The van der Waals surface area contributed by atoms with E-state index in [1.54, 1.807) is 19.3 Å². The summed E-state index contributed by atoms with van der Waals surface area (Å²) in [6.07, 6.45) is 3.48. The van der Waals surface area contributed by atoms with E-state index in [4.69, 9.17) is 16.3 Å². The van der Waals surface area contributed by atoms with E-state index in [-0.39, 0.29) is 5.97 Å². The molecule has 3 aromatic rings. The van der Waals surface area contributed by atoms with Crippen LogP contribution in [0.2, 0.25) is 5.02 Å². The van der Waals surface area contributed by atoms with Crippen molar-refractivity contribution in [1.29, 1.82) is 0 Å². The minimum Gasteiger partial charge on any atom is -0.461 e. The van der Waals surface area contributed by atoms with Crippen molar-refractivity contribution in [2.45, 2.75) is 13.5 Å². The van der Waals surface area contributed by atoms with Crippen molar-refractivity contribution in [2.75, 3.05) is 6.61 Å². The summed E-state index contributed by atoms with van der Waals surface area (Å²) in [5, 5.41) is 1.56. The highest BCUT2D eigenvalue weighted by Crippen LogP contribution is 2.25. The van der Waals surface area contributed by atoms with Crippen LogP contribution in [-0.4, -0.2) is 22.1 Å². The molecule has 2 heterocycles. The van der Waals surface area contributed by atoms with Crippen molar-refractivity contribution < 1.29 is 9.53 Å². The van der Waals surface area contributed by atoms with E-state index < -0.39 is 0 Å². The van der Waals surface area contributed by atoms with Gasteiger partial charge in [-0.2, -0.15) is 0 Å². The summed E-state index contributed by atoms with van der Waals surface area (Å²) in [5.74, 6) is -0.330. The van der Waals surface area contributed by atoms with E-state index in [1.165, 1.54) is 0 Å². The van der Waals surface area contributed by atoms with Crippen molar-refractivity contribution in [1.82, 2.24) is 9.55 Å². The molecule has 0 aliphatic carbocycles. The summed E-state index contributed by atoms with van der Waals surface area (Å²) >= 11 is 6.05. The smallest absolute Gasteiger partial charge is 0.354 e. The van der Waals surface area contributed by atoms with Crippen LogP contribution < -0.4 is 0 Å². The molecule has 112 valence electrons. The molecule has 0 bridgehead atoms. The molecule has 4 nitrogen and oxygen atoms in total. The fourth-order valence-corrected chi connectivity index (χ4v) is 2.64. The first-order valence-corrected chi connectivity index (χ1v) is 7.41.